The first-order valence-corrected chi connectivity index (χ1v) is 7.12. The molecule has 1 N–H and O–H groups in total. The van der Waals surface area contributed by atoms with Crippen LogP contribution in [0.1, 0.15) is 43.6 Å². The Morgan fingerprint density at radius 2 is 2.25 bits per heavy atom. The van der Waals surface area contributed by atoms with E-state index < -0.39 is 0 Å². The van der Waals surface area contributed by atoms with E-state index in [-0.39, 0.29) is 0 Å². The highest BCUT2D eigenvalue weighted by atomic mass is 32.2. The summed E-state index contributed by atoms with van der Waals surface area (Å²) in [7, 11) is 1.92. The molecule has 1 saturated carbocycles. The van der Waals surface area contributed by atoms with Crippen molar-refractivity contribution >= 4 is 17.6 Å². The maximum Gasteiger partial charge on any atom is 0.140 e. The van der Waals surface area contributed by atoms with Crippen molar-refractivity contribution in [2.45, 2.75) is 37.9 Å². The van der Waals surface area contributed by atoms with Gasteiger partial charge in [0.15, 0.2) is 0 Å². The van der Waals surface area contributed by atoms with Crippen LogP contribution in [0.15, 0.2) is 6.07 Å². The zero-order valence-corrected chi connectivity index (χ0v) is 10.8. The number of nitrogens with zero attached hydrogens (tertiary/aromatic N) is 2. The average Bonchev–Trinajstić information content (AvgIpc) is 3.13. The average molecular weight is 237 g/mol. The third kappa shape index (κ3) is 3.11. The largest absolute Gasteiger partial charge is 0.373 e. The molecule has 0 aliphatic heterocycles. The lowest BCUT2D eigenvalue weighted by molar-refractivity contribution is 0.932. The van der Waals surface area contributed by atoms with Gasteiger partial charge in [-0.25, -0.2) is 9.97 Å². The van der Waals surface area contributed by atoms with Crippen LogP contribution in [0.25, 0.3) is 0 Å². The molecule has 0 spiro atoms. The van der Waals surface area contributed by atoms with Crippen LogP contribution in [0.4, 0.5) is 5.82 Å². The van der Waals surface area contributed by atoms with E-state index in [4.69, 9.17) is 0 Å². The number of thioether (sulfide) groups is 1. The Bertz CT molecular complexity index is 350. The van der Waals surface area contributed by atoms with E-state index in [2.05, 4.69) is 28.3 Å². The summed E-state index contributed by atoms with van der Waals surface area (Å²) in [5.74, 6) is 4.76. The van der Waals surface area contributed by atoms with Crippen LogP contribution >= 0.6 is 11.8 Å². The second kappa shape index (κ2) is 5.53. The number of hydrogen-bond acceptors (Lipinski definition) is 4. The molecule has 1 aromatic heterocycles. The number of rotatable bonds is 6. The number of nitrogens with one attached hydrogen (secondary N) is 1. The highest BCUT2D eigenvalue weighted by Gasteiger charge is 2.25. The highest BCUT2D eigenvalue weighted by molar-refractivity contribution is 7.98. The van der Waals surface area contributed by atoms with Crippen molar-refractivity contribution < 1.29 is 0 Å². The van der Waals surface area contributed by atoms with Gasteiger partial charge in [-0.05, 0) is 25.0 Å². The van der Waals surface area contributed by atoms with Crippen molar-refractivity contribution in [3.63, 3.8) is 0 Å². The van der Waals surface area contributed by atoms with E-state index in [9.17, 15) is 0 Å². The molecule has 1 fully saturated rings. The van der Waals surface area contributed by atoms with Gasteiger partial charge in [-0.15, -0.1) is 0 Å². The van der Waals surface area contributed by atoms with Crippen molar-refractivity contribution in [1.29, 1.82) is 0 Å². The van der Waals surface area contributed by atoms with Gasteiger partial charge in [0.2, 0.25) is 0 Å². The van der Waals surface area contributed by atoms with Gasteiger partial charge >= 0.3 is 0 Å². The summed E-state index contributed by atoms with van der Waals surface area (Å²) in [6.07, 6.45) is 3.80. The summed E-state index contributed by atoms with van der Waals surface area (Å²) < 4.78 is 0. The quantitative estimate of drug-likeness (QED) is 0.772. The molecule has 0 bridgehead atoms. The Morgan fingerprint density at radius 1 is 1.44 bits per heavy atom. The minimum atomic E-state index is 0.699. The summed E-state index contributed by atoms with van der Waals surface area (Å²) in [6, 6.07) is 2.09. The molecule has 0 radical (unpaired) electrons. The van der Waals surface area contributed by atoms with Gasteiger partial charge in [-0.2, -0.15) is 11.8 Å². The SMILES string of the molecule is CCCSCc1nc(NC)cc(C2CC2)n1. The second-order valence-corrected chi connectivity index (χ2v) is 5.28. The monoisotopic (exact) mass is 237 g/mol. The summed E-state index contributed by atoms with van der Waals surface area (Å²) in [5.41, 5.74) is 1.23. The Hall–Kier alpha value is -0.770. The third-order valence-corrected chi connectivity index (χ3v) is 3.78. The molecule has 88 valence electrons. The van der Waals surface area contributed by atoms with Crippen molar-refractivity contribution in [3.05, 3.63) is 17.6 Å². The van der Waals surface area contributed by atoms with Crippen LogP contribution < -0.4 is 5.32 Å². The van der Waals surface area contributed by atoms with Gasteiger partial charge in [0.05, 0.1) is 5.75 Å². The summed E-state index contributed by atoms with van der Waals surface area (Å²) >= 11 is 1.91. The topological polar surface area (TPSA) is 37.8 Å². The zero-order chi connectivity index (χ0) is 11.4. The molecule has 2 rings (SSSR count). The van der Waals surface area contributed by atoms with Gasteiger partial charge in [0.1, 0.15) is 11.6 Å². The van der Waals surface area contributed by atoms with Crippen LogP contribution in [0.5, 0.6) is 0 Å². The van der Waals surface area contributed by atoms with Crippen LogP contribution in [0.3, 0.4) is 0 Å². The lowest BCUT2D eigenvalue weighted by atomic mass is 10.3. The third-order valence-electron chi connectivity index (χ3n) is 2.62. The standard InChI is InChI=1S/C12H19N3S/c1-3-6-16-8-12-14-10(9-4-5-9)7-11(13-2)15-12/h7,9H,3-6,8H2,1-2H3,(H,13,14,15). The molecular weight excluding hydrogens is 218 g/mol. The van der Waals surface area contributed by atoms with Crippen LogP contribution in [-0.4, -0.2) is 22.8 Å². The molecule has 1 aliphatic rings. The summed E-state index contributed by atoms with van der Waals surface area (Å²) in [5, 5.41) is 3.12. The molecular formula is C12H19N3S. The molecule has 0 amide bonds. The van der Waals surface area contributed by atoms with E-state index in [1.54, 1.807) is 0 Å². The lowest BCUT2D eigenvalue weighted by Crippen LogP contribution is -2.02. The number of hydrogen-bond donors (Lipinski definition) is 1. The Morgan fingerprint density at radius 3 is 2.88 bits per heavy atom. The molecule has 0 unspecified atom stereocenters. The van der Waals surface area contributed by atoms with Gasteiger partial charge in [-0.3, -0.25) is 0 Å². The van der Waals surface area contributed by atoms with E-state index in [0.29, 0.717) is 5.92 Å². The van der Waals surface area contributed by atoms with Gasteiger partial charge in [0.25, 0.3) is 0 Å². The van der Waals surface area contributed by atoms with E-state index >= 15 is 0 Å². The van der Waals surface area contributed by atoms with E-state index in [0.717, 1.165) is 17.4 Å². The molecule has 3 nitrogen and oxygen atoms in total. The number of aromatic nitrogens is 2. The normalized spacial score (nSPS) is 15.1. The Kier molecular flexibility index (Phi) is 4.04. The molecule has 1 aliphatic carbocycles. The Balaban J connectivity index is 2.06. The van der Waals surface area contributed by atoms with E-state index in [1.807, 2.05) is 18.8 Å². The van der Waals surface area contributed by atoms with Crippen LogP contribution in [-0.2, 0) is 5.75 Å². The van der Waals surface area contributed by atoms with Crippen molar-refractivity contribution in [2.24, 2.45) is 0 Å². The minimum Gasteiger partial charge on any atom is -0.373 e. The first-order chi connectivity index (χ1) is 7.83. The van der Waals surface area contributed by atoms with Crippen molar-refractivity contribution in [3.8, 4) is 0 Å². The molecule has 1 heterocycles. The van der Waals surface area contributed by atoms with Gasteiger partial charge in [0, 0.05) is 24.7 Å². The maximum atomic E-state index is 4.64. The zero-order valence-electron chi connectivity index (χ0n) is 9.99. The fourth-order valence-electron chi connectivity index (χ4n) is 1.61. The highest BCUT2D eigenvalue weighted by Crippen LogP contribution is 2.39. The van der Waals surface area contributed by atoms with Crippen LogP contribution in [0.2, 0.25) is 0 Å². The maximum absolute atomic E-state index is 4.64. The summed E-state index contributed by atoms with van der Waals surface area (Å²) in [4.78, 5) is 9.13. The van der Waals surface area contributed by atoms with Crippen molar-refractivity contribution in [1.82, 2.24) is 9.97 Å². The van der Waals surface area contributed by atoms with Crippen LogP contribution in [0, 0.1) is 0 Å². The molecule has 0 aromatic carbocycles. The van der Waals surface area contributed by atoms with Crippen molar-refractivity contribution in [2.75, 3.05) is 18.1 Å². The fourth-order valence-corrected chi connectivity index (χ4v) is 2.35. The fraction of sp³-hybridized carbons (Fsp3) is 0.667. The molecule has 1 aromatic rings. The first kappa shape index (κ1) is 11.7. The molecule has 16 heavy (non-hydrogen) atoms. The minimum absolute atomic E-state index is 0.699. The molecule has 0 saturated heterocycles. The summed E-state index contributed by atoms with van der Waals surface area (Å²) in [6.45, 7) is 2.20. The number of anilines is 1. The van der Waals surface area contributed by atoms with Gasteiger partial charge < -0.3 is 5.32 Å². The lowest BCUT2D eigenvalue weighted by Gasteiger charge is -2.06. The van der Waals surface area contributed by atoms with E-state index in [1.165, 1.54) is 30.7 Å². The second-order valence-electron chi connectivity index (χ2n) is 4.17. The predicted molar refractivity (Wildman–Crippen MR) is 70.0 cm³/mol. The Labute approximate surface area is 101 Å². The predicted octanol–water partition coefficient (Wildman–Crippen LogP) is 3.04. The first-order valence-electron chi connectivity index (χ1n) is 5.96. The molecule has 0 atom stereocenters. The molecule has 4 heteroatoms. The smallest absolute Gasteiger partial charge is 0.140 e. The van der Waals surface area contributed by atoms with Gasteiger partial charge in [-0.1, -0.05) is 6.92 Å².